The molecule has 0 radical (unpaired) electrons. The van der Waals surface area contributed by atoms with Crippen LogP contribution in [0.1, 0.15) is 0 Å². The van der Waals surface area contributed by atoms with Crippen molar-refractivity contribution in [1.82, 2.24) is 0 Å². The van der Waals surface area contributed by atoms with Gasteiger partial charge in [-0.3, -0.25) is 0 Å². The zero-order valence-electron chi connectivity index (χ0n) is 5.42. The van der Waals surface area contributed by atoms with Gasteiger partial charge in [0.1, 0.15) is 6.67 Å². The third kappa shape index (κ3) is 0.718. The molecule has 0 aromatic carbocycles. The number of alkyl halides is 1. The zero-order chi connectivity index (χ0) is 6.97. The summed E-state index contributed by atoms with van der Waals surface area (Å²) in [4.78, 5) is 4.90. The van der Waals surface area contributed by atoms with Gasteiger partial charge < -0.3 is 9.57 Å². The van der Waals surface area contributed by atoms with E-state index in [1.807, 2.05) is 0 Å². The molecule has 0 aliphatic carbocycles. The van der Waals surface area contributed by atoms with Gasteiger partial charge in [-0.05, 0) is 0 Å². The normalized spacial score (nSPS) is 37.1. The van der Waals surface area contributed by atoms with Crippen LogP contribution in [0, 0.1) is 5.92 Å². The van der Waals surface area contributed by atoms with Crippen molar-refractivity contribution in [1.29, 1.82) is 0 Å². The molecule has 2 aliphatic rings. The second kappa shape index (κ2) is 2.20. The minimum absolute atomic E-state index is 0.00856. The largest absolute Gasteiger partial charge is 0.389 e. The average molecular weight is 145 g/mol. The summed E-state index contributed by atoms with van der Waals surface area (Å²) in [6.07, 6.45) is -0.00856. The maximum atomic E-state index is 12.1. The van der Waals surface area contributed by atoms with Gasteiger partial charge in [0.2, 0.25) is 0 Å². The van der Waals surface area contributed by atoms with Crippen LogP contribution < -0.4 is 0 Å². The van der Waals surface area contributed by atoms with E-state index in [-0.39, 0.29) is 12.0 Å². The number of ether oxygens (including phenoxy) is 1. The van der Waals surface area contributed by atoms with Gasteiger partial charge in [-0.25, -0.2) is 4.39 Å². The van der Waals surface area contributed by atoms with E-state index in [9.17, 15) is 4.39 Å². The number of oxime groups is 1. The number of rotatable bonds is 1. The highest BCUT2D eigenvalue weighted by Crippen LogP contribution is 2.24. The summed E-state index contributed by atoms with van der Waals surface area (Å²) in [5.41, 5.74) is 0.502. The van der Waals surface area contributed by atoms with Gasteiger partial charge >= 0.3 is 0 Å². The van der Waals surface area contributed by atoms with Gasteiger partial charge in [0.25, 0.3) is 0 Å². The van der Waals surface area contributed by atoms with Crippen LogP contribution >= 0.6 is 0 Å². The molecule has 0 aromatic heterocycles. The van der Waals surface area contributed by atoms with Crippen molar-refractivity contribution in [3.63, 3.8) is 0 Å². The van der Waals surface area contributed by atoms with Gasteiger partial charge in [-0.15, -0.1) is 0 Å². The Bertz CT molecular complexity index is 171. The van der Waals surface area contributed by atoms with Gasteiger partial charge in [0, 0.05) is 0 Å². The molecular formula is C6H8FNO2. The molecule has 0 aromatic rings. The molecule has 1 fully saturated rings. The lowest BCUT2D eigenvalue weighted by atomic mass is 10.0. The maximum Gasteiger partial charge on any atom is 0.161 e. The molecule has 2 unspecified atom stereocenters. The van der Waals surface area contributed by atoms with Crippen molar-refractivity contribution in [2.24, 2.45) is 11.1 Å². The molecule has 4 heteroatoms. The molecule has 2 aliphatic heterocycles. The second-order valence-electron chi connectivity index (χ2n) is 2.50. The van der Waals surface area contributed by atoms with Crippen LogP contribution in [0.5, 0.6) is 0 Å². The minimum Gasteiger partial charge on any atom is -0.389 e. The highest BCUT2D eigenvalue weighted by molar-refractivity contribution is 5.89. The summed E-state index contributed by atoms with van der Waals surface area (Å²) in [6.45, 7) is 0.607. The predicted molar refractivity (Wildman–Crippen MR) is 32.6 cm³/mol. The minimum atomic E-state index is -0.509. The van der Waals surface area contributed by atoms with E-state index in [0.717, 1.165) is 0 Å². The van der Waals surface area contributed by atoms with Gasteiger partial charge in [-0.1, -0.05) is 5.16 Å². The Kier molecular flexibility index (Phi) is 1.34. The molecule has 0 spiro atoms. The zero-order valence-corrected chi connectivity index (χ0v) is 5.42. The fourth-order valence-electron chi connectivity index (χ4n) is 1.28. The molecule has 0 bridgehead atoms. The first-order valence-electron chi connectivity index (χ1n) is 3.28. The molecule has 0 amide bonds. The van der Waals surface area contributed by atoms with Crippen molar-refractivity contribution >= 4 is 5.71 Å². The molecule has 0 saturated carbocycles. The highest BCUT2D eigenvalue weighted by Gasteiger charge is 2.38. The van der Waals surface area contributed by atoms with Gasteiger partial charge in [0.05, 0.1) is 24.8 Å². The van der Waals surface area contributed by atoms with E-state index in [1.54, 1.807) is 0 Å². The molecule has 2 rings (SSSR count). The second-order valence-corrected chi connectivity index (χ2v) is 2.50. The lowest BCUT2D eigenvalue weighted by molar-refractivity contribution is 0.0557. The summed E-state index contributed by atoms with van der Waals surface area (Å²) in [6, 6.07) is 0. The third-order valence-electron chi connectivity index (χ3n) is 1.90. The SMILES string of the molecule is FCC1=NOC2COCC12. The molecule has 1 saturated heterocycles. The lowest BCUT2D eigenvalue weighted by Crippen LogP contribution is -2.21. The molecule has 10 heavy (non-hydrogen) atoms. The van der Waals surface area contributed by atoms with Crippen LogP contribution in [-0.2, 0) is 9.57 Å². The Morgan fingerprint density at radius 2 is 2.50 bits per heavy atom. The first-order chi connectivity index (χ1) is 4.92. The van der Waals surface area contributed by atoms with E-state index in [4.69, 9.17) is 9.57 Å². The van der Waals surface area contributed by atoms with Crippen molar-refractivity contribution in [2.45, 2.75) is 6.10 Å². The van der Waals surface area contributed by atoms with Crippen LogP contribution in [0.3, 0.4) is 0 Å². The standard InChI is InChI=1S/C6H8FNO2/c7-1-5-4-2-9-3-6(4)10-8-5/h4,6H,1-3H2. The Balaban J connectivity index is 2.10. The van der Waals surface area contributed by atoms with Crippen LogP contribution in [0.25, 0.3) is 0 Å². The molecule has 0 N–H and O–H groups in total. The number of hydrogen-bond donors (Lipinski definition) is 0. The highest BCUT2D eigenvalue weighted by atomic mass is 19.1. The van der Waals surface area contributed by atoms with E-state index in [0.29, 0.717) is 18.9 Å². The van der Waals surface area contributed by atoms with Crippen LogP contribution in [0.15, 0.2) is 5.16 Å². The molecule has 3 nitrogen and oxygen atoms in total. The maximum absolute atomic E-state index is 12.1. The van der Waals surface area contributed by atoms with E-state index in [2.05, 4.69) is 5.16 Å². The lowest BCUT2D eigenvalue weighted by Gasteiger charge is -2.02. The number of hydrogen-bond acceptors (Lipinski definition) is 3. The summed E-state index contributed by atoms with van der Waals surface area (Å²) >= 11 is 0. The molecular weight excluding hydrogens is 137 g/mol. The van der Waals surface area contributed by atoms with Crippen LogP contribution in [0.4, 0.5) is 4.39 Å². The topological polar surface area (TPSA) is 30.8 Å². The molecule has 2 atom stereocenters. The van der Waals surface area contributed by atoms with Gasteiger partial charge in [-0.2, -0.15) is 0 Å². The Hall–Kier alpha value is -0.640. The fourth-order valence-corrected chi connectivity index (χ4v) is 1.28. The fraction of sp³-hybridized carbons (Fsp3) is 0.833. The van der Waals surface area contributed by atoms with E-state index in [1.165, 1.54) is 0 Å². The quantitative estimate of drug-likeness (QED) is 0.533. The summed E-state index contributed by atoms with van der Waals surface area (Å²) in [7, 11) is 0. The third-order valence-corrected chi connectivity index (χ3v) is 1.90. The van der Waals surface area contributed by atoms with E-state index < -0.39 is 6.67 Å². The molecule has 56 valence electrons. The van der Waals surface area contributed by atoms with E-state index >= 15 is 0 Å². The number of halogens is 1. The molecule has 2 heterocycles. The van der Waals surface area contributed by atoms with Crippen molar-refractivity contribution in [2.75, 3.05) is 19.9 Å². The first kappa shape index (κ1) is 6.09. The predicted octanol–water partition coefficient (Wildman–Crippen LogP) is 0.357. The smallest absolute Gasteiger partial charge is 0.161 e. The Morgan fingerprint density at radius 3 is 3.30 bits per heavy atom. The average Bonchev–Trinajstić information content (AvgIpc) is 2.44. The first-order valence-corrected chi connectivity index (χ1v) is 3.28. The number of fused-ring (bicyclic) bond motifs is 1. The summed E-state index contributed by atoms with van der Waals surface area (Å²) in [5, 5.41) is 3.60. The Morgan fingerprint density at radius 1 is 1.60 bits per heavy atom. The number of nitrogens with zero attached hydrogens (tertiary/aromatic N) is 1. The van der Waals surface area contributed by atoms with Crippen LogP contribution in [0.2, 0.25) is 0 Å². The summed E-state index contributed by atoms with van der Waals surface area (Å²) < 4.78 is 17.1. The summed E-state index contributed by atoms with van der Waals surface area (Å²) in [5.74, 6) is 0.0880. The van der Waals surface area contributed by atoms with Crippen molar-refractivity contribution in [3.05, 3.63) is 0 Å². The monoisotopic (exact) mass is 145 g/mol. The van der Waals surface area contributed by atoms with Crippen molar-refractivity contribution in [3.8, 4) is 0 Å². The van der Waals surface area contributed by atoms with Crippen molar-refractivity contribution < 1.29 is 14.0 Å². The van der Waals surface area contributed by atoms with Gasteiger partial charge in [0.15, 0.2) is 6.10 Å². The Labute approximate surface area is 57.8 Å². The van der Waals surface area contributed by atoms with Crippen LogP contribution in [-0.4, -0.2) is 31.7 Å².